The van der Waals surface area contributed by atoms with Crippen molar-refractivity contribution in [2.24, 2.45) is 11.7 Å². The SMILES string of the molecule is CCC(N)(CC)CNC(=O)C1CCCN(S(=O)(=O)Cc2ccccc2)C1.Cl. The number of carbonyl (C=O) groups is 1. The number of nitrogens with one attached hydrogen (secondary N) is 1. The van der Waals surface area contributed by atoms with Crippen LogP contribution >= 0.6 is 12.4 Å². The molecule has 1 amide bonds. The predicted molar refractivity (Wildman–Crippen MR) is 111 cm³/mol. The third-order valence-electron chi connectivity index (χ3n) is 5.36. The maximum atomic E-state index is 12.7. The summed E-state index contributed by atoms with van der Waals surface area (Å²) in [5.41, 5.74) is 6.60. The average molecular weight is 418 g/mol. The van der Waals surface area contributed by atoms with Crippen molar-refractivity contribution >= 4 is 28.3 Å². The molecule has 6 nitrogen and oxygen atoms in total. The maximum Gasteiger partial charge on any atom is 0.224 e. The van der Waals surface area contributed by atoms with Crippen molar-refractivity contribution < 1.29 is 13.2 Å². The van der Waals surface area contributed by atoms with E-state index in [4.69, 9.17) is 5.73 Å². The fourth-order valence-electron chi connectivity index (χ4n) is 3.19. The molecule has 27 heavy (non-hydrogen) atoms. The van der Waals surface area contributed by atoms with Crippen LogP contribution in [0.4, 0.5) is 0 Å². The third-order valence-corrected chi connectivity index (χ3v) is 7.18. The zero-order valence-corrected chi connectivity index (χ0v) is 17.8. The van der Waals surface area contributed by atoms with Gasteiger partial charge in [0, 0.05) is 25.2 Å². The summed E-state index contributed by atoms with van der Waals surface area (Å²) < 4.78 is 26.9. The summed E-state index contributed by atoms with van der Waals surface area (Å²) >= 11 is 0. The van der Waals surface area contributed by atoms with E-state index < -0.39 is 15.6 Å². The summed E-state index contributed by atoms with van der Waals surface area (Å²) in [5.74, 6) is -0.437. The number of hydrogen-bond donors (Lipinski definition) is 2. The van der Waals surface area contributed by atoms with E-state index in [-0.39, 0.29) is 36.5 Å². The molecule has 0 saturated carbocycles. The lowest BCUT2D eigenvalue weighted by molar-refractivity contribution is -0.126. The molecule has 1 atom stereocenters. The number of halogens is 1. The lowest BCUT2D eigenvalue weighted by atomic mass is 9.93. The van der Waals surface area contributed by atoms with Gasteiger partial charge < -0.3 is 11.1 Å². The van der Waals surface area contributed by atoms with E-state index in [1.54, 1.807) is 0 Å². The number of piperidine rings is 1. The molecule has 0 radical (unpaired) electrons. The lowest BCUT2D eigenvalue weighted by Crippen LogP contribution is -2.52. The largest absolute Gasteiger partial charge is 0.354 e. The molecule has 0 aromatic heterocycles. The highest BCUT2D eigenvalue weighted by atomic mass is 35.5. The fraction of sp³-hybridized carbons (Fsp3) is 0.632. The first-order chi connectivity index (χ1) is 12.3. The van der Waals surface area contributed by atoms with Gasteiger partial charge in [-0.25, -0.2) is 12.7 Å². The standard InChI is InChI=1S/C19H31N3O3S.ClH/c1-3-19(20,4-2)15-21-18(23)17-11-8-12-22(13-17)26(24,25)14-16-9-6-5-7-10-16;/h5-7,9-10,17H,3-4,8,11-15,20H2,1-2H3,(H,21,23);1H. The molecule has 0 spiro atoms. The first-order valence-electron chi connectivity index (χ1n) is 9.38. The van der Waals surface area contributed by atoms with Crippen LogP contribution in [0.15, 0.2) is 30.3 Å². The van der Waals surface area contributed by atoms with Crippen LogP contribution in [0.1, 0.15) is 45.1 Å². The molecule has 0 bridgehead atoms. The average Bonchev–Trinajstić information content (AvgIpc) is 2.66. The zero-order valence-electron chi connectivity index (χ0n) is 16.2. The number of amides is 1. The van der Waals surface area contributed by atoms with Gasteiger partial charge in [0.2, 0.25) is 15.9 Å². The molecule has 1 saturated heterocycles. The molecule has 1 aliphatic heterocycles. The summed E-state index contributed by atoms with van der Waals surface area (Å²) in [6.07, 6.45) is 2.97. The lowest BCUT2D eigenvalue weighted by Gasteiger charge is -2.33. The van der Waals surface area contributed by atoms with Gasteiger partial charge >= 0.3 is 0 Å². The third kappa shape index (κ3) is 6.75. The topological polar surface area (TPSA) is 92.5 Å². The minimum atomic E-state index is -3.43. The second kappa shape index (κ2) is 10.4. The summed E-state index contributed by atoms with van der Waals surface area (Å²) in [6, 6.07) is 9.14. The van der Waals surface area contributed by atoms with Crippen molar-refractivity contribution in [3.05, 3.63) is 35.9 Å². The number of carbonyl (C=O) groups excluding carboxylic acids is 1. The number of rotatable bonds is 8. The van der Waals surface area contributed by atoms with Crippen LogP contribution in [-0.4, -0.2) is 43.8 Å². The molecule has 0 aliphatic carbocycles. The number of hydrogen-bond acceptors (Lipinski definition) is 4. The Kier molecular flexibility index (Phi) is 9.21. The maximum absolute atomic E-state index is 12.7. The van der Waals surface area contributed by atoms with Crippen LogP contribution in [0.5, 0.6) is 0 Å². The van der Waals surface area contributed by atoms with Crippen LogP contribution in [-0.2, 0) is 20.6 Å². The Balaban J connectivity index is 0.00000364. The monoisotopic (exact) mass is 417 g/mol. The second-order valence-electron chi connectivity index (χ2n) is 7.23. The highest BCUT2D eigenvalue weighted by molar-refractivity contribution is 7.88. The number of nitrogens with two attached hydrogens (primary N) is 1. The summed E-state index contributed by atoms with van der Waals surface area (Å²) in [6.45, 7) is 5.16. The Morgan fingerprint density at radius 3 is 2.48 bits per heavy atom. The van der Waals surface area contributed by atoms with Crippen molar-refractivity contribution in [2.75, 3.05) is 19.6 Å². The molecule has 1 aliphatic rings. The van der Waals surface area contributed by atoms with E-state index in [9.17, 15) is 13.2 Å². The Labute approximate surface area is 169 Å². The van der Waals surface area contributed by atoms with E-state index in [1.165, 1.54) is 4.31 Å². The number of sulfonamides is 1. The van der Waals surface area contributed by atoms with Gasteiger partial charge in [-0.2, -0.15) is 0 Å². The van der Waals surface area contributed by atoms with Gasteiger partial charge in [-0.3, -0.25) is 4.79 Å². The van der Waals surface area contributed by atoms with Gasteiger partial charge in [0.1, 0.15) is 0 Å². The van der Waals surface area contributed by atoms with Crippen molar-refractivity contribution in [1.29, 1.82) is 0 Å². The molecular formula is C19H32ClN3O3S. The van der Waals surface area contributed by atoms with Gasteiger partial charge in [-0.15, -0.1) is 12.4 Å². The van der Waals surface area contributed by atoms with Crippen molar-refractivity contribution in [1.82, 2.24) is 9.62 Å². The molecule has 1 heterocycles. The van der Waals surface area contributed by atoms with Crippen LogP contribution < -0.4 is 11.1 Å². The molecule has 2 rings (SSSR count). The number of benzene rings is 1. The Bertz CT molecular complexity index is 693. The molecule has 154 valence electrons. The highest BCUT2D eigenvalue weighted by Crippen LogP contribution is 2.22. The first-order valence-corrected chi connectivity index (χ1v) is 11.0. The Morgan fingerprint density at radius 1 is 1.26 bits per heavy atom. The van der Waals surface area contributed by atoms with Crippen molar-refractivity contribution in [3.63, 3.8) is 0 Å². The van der Waals surface area contributed by atoms with Crippen LogP contribution in [0.25, 0.3) is 0 Å². The predicted octanol–water partition coefficient (Wildman–Crippen LogP) is 2.28. The molecule has 1 fully saturated rings. The van der Waals surface area contributed by atoms with Gasteiger partial charge in [0.05, 0.1) is 11.7 Å². The Hall–Kier alpha value is -1.15. The zero-order chi connectivity index (χ0) is 19.2. The molecule has 1 unspecified atom stereocenters. The summed E-state index contributed by atoms with van der Waals surface area (Å²) in [4.78, 5) is 12.5. The van der Waals surface area contributed by atoms with E-state index >= 15 is 0 Å². The van der Waals surface area contributed by atoms with Gasteiger partial charge in [-0.1, -0.05) is 44.2 Å². The molecule has 1 aromatic rings. The fourth-order valence-corrected chi connectivity index (χ4v) is 4.80. The van der Waals surface area contributed by atoms with E-state index in [0.717, 1.165) is 18.4 Å². The minimum Gasteiger partial charge on any atom is -0.354 e. The quantitative estimate of drug-likeness (QED) is 0.678. The first kappa shape index (κ1) is 23.9. The highest BCUT2D eigenvalue weighted by Gasteiger charge is 2.33. The minimum absolute atomic E-state index is 0. The molecule has 8 heteroatoms. The van der Waals surface area contributed by atoms with E-state index in [1.807, 2.05) is 44.2 Å². The van der Waals surface area contributed by atoms with Crippen LogP contribution in [0.2, 0.25) is 0 Å². The molecule has 1 aromatic carbocycles. The Morgan fingerprint density at radius 2 is 1.89 bits per heavy atom. The van der Waals surface area contributed by atoms with Gasteiger partial charge in [0.25, 0.3) is 0 Å². The van der Waals surface area contributed by atoms with Crippen molar-refractivity contribution in [2.45, 2.75) is 50.8 Å². The smallest absolute Gasteiger partial charge is 0.224 e. The second-order valence-corrected chi connectivity index (χ2v) is 9.20. The summed E-state index contributed by atoms with van der Waals surface area (Å²) in [7, 11) is -3.43. The van der Waals surface area contributed by atoms with Crippen molar-refractivity contribution in [3.8, 4) is 0 Å². The van der Waals surface area contributed by atoms with E-state index in [0.29, 0.717) is 25.9 Å². The van der Waals surface area contributed by atoms with E-state index in [2.05, 4.69) is 5.32 Å². The normalized spacial score (nSPS) is 18.6. The molecular weight excluding hydrogens is 386 g/mol. The van der Waals surface area contributed by atoms with Gasteiger partial charge in [0.15, 0.2) is 0 Å². The van der Waals surface area contributed by atoms with Gasteiger partial charge in [-0.05, 0) is 31.2 Å². The van der Waals surface area contributed by atoms with Crippen LogP contribution in [0.3, 0.4) is 0 Å². The summed E-state index contributed by atoms with van der Waals surface area (Å²) in [5, 5.41) is 2.93. The molecule has 3 N–H and O–H groups in total. The number of nitrogens with zero attached hydrogens (tertiary/aromatic N) is 1. The van der Waals surface area contributed by atoms with Crippen LogP contribution in [0, 0.1) is 5.92 Å².